The summed E-state index contributed by atoms with van der Waals surface area (Å²) >= 11 is 0. The molecule has 6 heteroatoms. The summed E-state index contributed by atoms with van der Waals surface area (Å²) in [5.74, 6) is 2.02. The summed E-state index contributed by atoms with van der Waals surface area (Å²) in [6, 6.07) is 3.71. The Balaban J connectivity index is 1.57. The molecule has 1 amide bonds. The van der Waals surface area contributed by atoms with Crippen LogP contribution in [0.2, 0.25) is 0 Å². The molecule has 0 unspecified atom stereocenters. The lowest BCUT2D eigenvalue weighted by atomic mass is 9.99. The fraction of sp³-hybridized carbons (Fsp3) is 0.438. The maximum Gasteiger partial charge on any atom is 0.256 e. The van der Waals surface area contributed by atoms with E-state index in [1.807, 2.05) is 17.0 Å². The molecule has 116 valence electrons. The minimum Gasteiger partial charge on any atom is -0.467 e. The molecule has 1 N–H and O–H groups in total. The number of hydrogen-bond acceptors (Lipinski definition) is 5. The predicted molar refractivity (Wildman–Crippen MR) is 82.4 cm³/mol. The predicted octanol–water partition coefficient (Wildman–Crippen LogP) is 2.55. The molecule has 0 bridgehead atoms. The van der Waals surface area contributed by atoms with Gasteiger partial charge in [-0.25, -0.2) is 9.97 Å². The van der Waals surface area contributed by atoms with Crippen molar-refractivity contribution in [2.75, 3.05) is 18.4 Å². The van der Waals surface area contributed by atoms with Gasteiger partial charge in [-0.1, -0.05) is 6.92 Å². The first kappa shape index (κ1) is 14.6. The Bertz CT molecular complexity index is 602. The molecule has 1 saturated heterocycles. The Hall–Kier alpha value is -2.37. The van der Waals surface area contributed by atoms with Crippen molar-refractivity contribution in [1.82, 2.24) is 14.9 Å². The average Bonchev–Trinajstić information content (AvgIpc) is 3.07. The molecule has 0 saturated carbocycles. The number of carbonyl (C=O) groups excluding carboxylic acids is 1. The van der Waals surface area contributed by atoms with Crippen molar-refractivity contribution in [3.8, 4) is 0 Å². The summed E-state index contributed by atoms with van der Waals surface area (Å²) in [4.78, 5) is 22.7. The normalized spacial score (nSPS) is 15.8. The second-order valence-electron chi connectivity index (χ2n) is 5.70. The van der Waals surface area contributed by atoms with E-state index in [1.54, 1.807) is 18.7 Å². The van der Waals surface area contributed by atoms with Gasteiger partial charge in [0.15, 0.2) is 0 Å². The minimum atomic E-state index is 0.0180. The van der Waals surface area contributed by atoms with Crippen LogP contribution in [0.5, 0.6) is 0 Å². The summed E-state index contributed by atoms with van der Waals surface area (Å²) in [5, 5.41) is 3.06. The molecule has 2 aromatic heterocycles. The largest absolute Gasteiger partial charge is 0.467 e. The van der Waals surface area contributed by atoms with Crippen LogP contribution >= 0.6 is 0 Å². The number of anilines is 1. The molecule has 3 rings (SSSR count). The lowest BCUT2D eigenvalue weighted by Gasteiger charge is -2.30. The Morgan fingerprint density at radius 1 is 1.36 bits per heavy atom. The van der Waals surface area contributed by atoms with Crippen molar-refractivity contribution in [2.24, 2.45) is 5.92 Å². The van der Waals surface area contributed by atoms with Gasteiger partial charge in [-0.3, -0.25) is 4.79 Å². The maximum atomic E-state index is 12.4. The zero-order chi connectivity index (χ0) is 15.4. The zero-order valence-corrected chi connectivity index (χ0v) is 12.7. The first-order valence-corrected chi connectivity index (χ1v) is 7.60. The van der Waals surface area contributed by atoms with Gasteiger partial charge in [0.1, 0.15) is 5.76 Å². The minimum absolute atomic E-state index is 0.0180. The Morgan fingerprint density at radius 3 is 2.73 bits per heavy atom. The van der Waals surface area contributed by atoms with Crippen LogP contribution in [0, 0.1) is 5.92 Å². The number of hydrogen-bond donors (Lipinski definition) is 1. The number of nitrogens with one attached hydrogen (secondary N) is 1. The van der Waals surface area contributed by atoms with Gasteiger partial charge in [-0.05, 0) is 30.9 Å². The SMILES string of the molecule is CC1CCN(C(=O)c2cnc(NCc3ccco3)nc2)CC1. The lowest BCUT2D eigenvalue weighted by Crippen LogP contribution is -2.38. The molecule has 22 heavy (non-hydrogen) atoms. The van der Waals surface area contributed by atoms with Crippen molar-refractivity contribution in [3.63, 3.8) is 0 Å². The molecule has 1 fully saturated rings. The van der Waals surface area contributed by atoms with E-state index >= 15 is 0 Å². The summed E-state index contributed by atoms with van der Waals surface area (Å²) < 4.78 is 5.23. The van der Waals surface area contributed by atoms with Crippen molar-refractivity contribution in [1.29, 1.82) is 0 Å². The van der Waals surface area contributed by atoms with Crippen LogP contribution < -0.4 is 5.32 Å². The van der Waals surface area contributed by atoms with Crippen molar-refractivity contribution < 1.29 is 9.21 Å². The van der Waals surface area contributed by atoms with Gasteiger partial charge < -0.3 is 14.6 Å². The van der Waals surface area contributed by atoms with E-state index in [0.717, 1.165) is 31.7 Å². The van der Waals surface area contributed by atoms with E-state index in [0.29, 0.717) is 24.0 Å². The van der Waals surface area contributed by atoms with Crippen molar-refractivity contribution in [2.45, 2.75) is 26.3 Å². The first-order chi connectivity index (χ1) is 10.7. The summed E-state index contributed by atoms with van der Waals surface area (Å²) in [5.41, 5.74) is 0.540. The Kier molecular flexibility index (Phi) is 4.37. The van der Waals surface area contributed by atoms with Crippen LogP contribution in [0.1, 0.15) is 35.9 Å². The summed E-state index contributed by atoms with van der Waals surface area (Å²) in [6.07, 6.45) is 6.92. The van der Waals surface area contributed by atoms with Gasteiger partial charge in [0.2, 0.25) is 5.95 Å². The third-order valence-electron chi connectivity index (χ3n) is 3.97. The topological polar surface area (TPSA) is 71.3 Å². The molecule has 0 atom stereocenters. The highest BCUT2D eigenvalue weighted by molar-refractivity contribution is 5.93. The van der Waals surface area contributed by atoms with Crippen molar-refractivity contribution >= 4 is 11.9 Å². The highest BCUT2D eigenvalue weighted by atomic mass is 16.3. The fourth-order valence-electron chi connectivity index (χ4n) is 2.50. The van der Waals surface area contributed by atoms with Crippen LogP contribution in [-0.4, -0.2) is 33.9 Å². The van der Waals surface area contributed by atoms with Gasteiger partial charge in [0.25, 0.3) is 5.91 Å². The highest BCUT2D eigenvalue weighted by Crippen LogP contribution is 2.18. The number of piperidine rings is 1. The van der Waals surface area contributed by atoms with Gasteiger partial charge in [-0.15, -0.1) is 0 Å². The quantitative estimate of drug-likeness (QED) is 0.939. The van der Waals surface area contributed by atoms with E-state index in [1.165, 1.54) is 0 Å². The van der Waals surface area contributed by atoms with E-state index < -0.39 is 0 Å². The maximum absolute atomic E-state index is 12.4. The number of carbonyl (C=O) groups is 1. The number of likely N-dealkylation sites (tertiary alicyclic amines) is 1. The van der Waals surface area contributed by atoms with Crippen LogP contribution in [0.3, 0.4) is 0 Å². The van der Waals surface area contributed by atoms with E-state index in [2.05, 4.69) is 22.2 Å². The first-order valence-electron chi connectivity index (χ1n) is 7.60. The monoisotopic (exact) mass is 300 g/mol. The van der Waals surface area contributed by atoms with Gasteiger partial charge in [-0.2, -0.15) is 0 Å². The third-order valence-corrected chi connectivity index (χ3v) is 3.97. The average molecular weight is 300 g/mol. The fourth-order valence-corrected chi connectivity index (χ4v) is 2.50. The lowest BCUT2D eigenvalue weighted by molar-refractivity contribution is 0.0696. The number of aromatic nitrogens is 2. The number of nitrogens with zero attached hydrogens (tertiary/aromatic N) is 3. The molecule has 0 radical (unpaired) electrons. The molecule has 2 aromatic rings. The zero-order valence-electron chi connectivity index (χ0n) is 12.7. The van der Waals surface area contributed by atoms with Crippen LogP contribution in [0.15, 0.2) is 35.2 Å². The second kappa shape index (κ2) is 6.60. The molecule has 0 aromatic carbocycles. The highest BCUT2D eigenvalue weighted by Gasteiger charge is 2.21. The number of amides is 1. The molecule has 1 aliphatic heterocycles. The second-order valence-corrected chi connectivity index (χ2v) is 5.70. The van der Waals surface area contributed by atoms with Crippen LogP contribution in [0.25, 0.3) is 0 Å². The molecular weight excluding hydrogens is 280 g/mol. The smallest absolute Gasteiger partial charge is 0.256 e. The van der Waals surface area contributed by atoms with Crippen LogP contribution in [0.4, 0.5) is 5.95 Å². The van der Waals surface area contributed by atoms with Crippen molar-refractivity contribution in [3.05, 3.63) is 42.1 Å². The summed E-state index contributed by atoms with van der Waals surface area (Å²) in [7, 11) is 0. The van der Waals surface area contributed by atoms with E-state index in [9.17, 15) is 4.79 Å². The van der Waals surface area contributed by atoms with E-state index in [4.69, 9.17) is 4.42 Å². The third kappa shape index (κ3) is 3.44. The number of furan rings is 1. The number of rotatable bonds is 4. The summed E-state index contributed by atoms with van der Waals surface area (Å²) in [6.45, 7) is 4.38. The van der Waals surface area contributed by atoms with Gasteiger partial charge >= 0.3 is 0 Å². The van der Waals surface area contributed by atoms with Crippen LogP contribution in [-0.2, 0) is 6.54 Å². The molecule has 6 nitrogen and oxygen atoms in total. The molecule has 3 heterocycles. The molecule has 1 aliphatic rings. The molecule has 0 aliphatic carbocycles. The van der Waals surface area contributed by atoms with Gasteiger partial charge in [0, 0.05) is 25.5 Å². The van der Waals surface area contributed by atoms with Gasteiger partial charge in [0.05, 0.1) is 18.4 Å². The Morgan fingerprint density at radius 2 is 2.09 bits per heavy atom. The molecular formula is C16H20N4O2. The van der Waals surface area contributed by atoms with E-state index in [-0.39, 0.29) is 5.91 Å². The molecule has 0 spiro atoms. The standard InChI is InChI=1S/C16H20N4O2/c1-12-4-6-20(7-5-12)15(21)13-9-17-16(18-10-13)19-11-14-3-2-8-22-14/h2-3,8-10,12H,4-7,11H2,1H3,(H,17,18,19). The Labute approximate surface area is 129 Å².